The van der Waals surface area contributed by atoms with Gasteiger partial charge in [0.15, 0.2) is 11.6 Å². The number of nitrogens with one attached hydrogen (secondary N) is 1. The van der Waals surface area contributed by atoms with Crippen molar-refractivity contribution in [2.45, 2.75) is 11.4 Å². The van der Waals surface area contributed by atoms with E-state index in [0.29, 0.717) is 0 Å². The second kappa shape index (κ2) is 5.80. The molecule has 0 aliphatic rings. The van der Waals surface area contributed by atoms with E-state index < -0.39 is 32.3 Å². The molecular formula is C11H8ClFN2O5S. The molecule has 0 amide bonds. The van der Waals surface area contributed by atoms with Gasteiger partial charge < -0.3 is 9.63 Å². The fourth-order valence-corrected chi connectivity index (χ4v) is 2.89. The first-order valence-corrected chi connectivity index (χ1v) is 7.29. The number of halogens is 2. The summed E-state index contributed by atoms with van der Waals surface area (Å²) in [7, 11) is -4.31. The number of hydrogen-bond donors (Lipinski definition) is 2. The normalized spacial score (nSPS) is 11.5. The van der Waals surface area contributed by atoms with Crippen LogP contribution in [0.25, 0.3) is 0 Å². The molecule has 0 fully saturated rings. The average molecular weight is 335 g/mol. The van der Waals surface area contributed by atoms with E-state index >= 15 is 0 Å². The van der Waals surface area contributed by atoms with Crippen molar-refractivity contribution in [1.29, 1.82) is 0 Å². The predicted molar refractivity (Wildman–Crippen MR) is 68.9 cm³/mol. The standard InChI is InChI=1S/C11H8ClFN2O5S/c12-6-3-8(11(16)17)10(13)9(4-6)21(18,19)15-5-7-1-2-14-20-7/h1-4,15H,5H2,(H,16,17). The molecule has 2 rings (SSSR count). The minimum absolute atomic E-state index is 0.208. The summed E-state index contributed by atoms with van der Waals surface area (Å²) in [4.78, 5) is 10.0. The lowest BCUT2D eigenvalue weighted by atomic mass is 10.2. The zero-order chi connectivity index (χ0) is 15.6. The Morgan fingerprint density at radius 1 is 1.48 bits per heavy atom. The van der Waals surface area contributed by atoms with Crippen molar-refractivity contribution in [3.05, 3.63) is 46.6 Å². The largest absolute Gasteiger partial charge is 0.478 e. The molecule has 112 valence electrons. The summed E-state index contributed by atoms with van der Waals surface area (Å²) in [6.45, 7) is -0.267. The Morgan fingerprint density at radius 3 is 2.76 bits per heavy atom. The minimum Gasteiger partial charge on any atom is -0.478 e. The highest BCUT2D eigenvalue weighted by atomic mass is 35.5. The highest BCUT2D eigenvalue weighted by Gasteiger charge is 2.25. The number of benzene rings is 1. The van der Waals surface area contributed by atoms with E-state index in [2.05, 4.69) is 14.4 Å². The van der Waals surface area contributed by atoms with Crippen LogP contribution in [0.3, 0.4) is 0 Å². The zero-order valence-electron chi connectivity index (χ0n) is 10.2. The maximum Gasteiger partial charge on any atom is 0.338 e. The van der Waals surface area contributed by atoms with Crippen LogP contribution in [0.5, 0.6) is 0 Å². The van der Waals surface area contributed by atoms with Gasteiger partial charge in [0, 0.05) is 11.1 Å². The second-order valence-corrected chi connectivity index (χ2v) is 6.05. The van der Waals surface area contributed by atoms with Gasteiger partial charge in [-0.05, 0) is 12.1 Å². The van der Waals surface area contributed by atoms with Crippen molar-refractivity contribution in [3.8, 4) is 0 Å². The van der Waals surface area contributed by atoms with Crippen LogP contribution in [0.4, 0.5) is 4.39 Å². The van der Waals surface area contributed by atoms with Crippen LogP contribution in [0, 0.1) is 5.82 Å². The van der Waals surface area contributed by atoms with Crippen molar-refractivity contribution < 1.29 is 27.2 Å². The molecule has 0 atom stereocenters. The Labute approximate surface area is 123 Å². The van der Waals surface area contributed by atoms with E-state index in [1.807, 2.05) is 0 Å². The molecule has 1 aromatic heterocycles. The van der Waals surface area contributed by atoms with E-state index in [1.54, 1.807) is 0 Å². The molecule has 0 saturated heterocycles. The topological polar surface area (TPSA) is 110 Å². The number of sulfonamides is 1. The van der Waals surface area contributed by atoms with E-state index in [-0.39, 0.29) is 17.3 Å². The lowest BCUT2D eigenvalue weighted by molar-refractivity contribution is 0.0691. The van der Waals surface area contributed by atoms with Crippen LogP contribution in [0.1, 0.15) is 16.1 Å². The third-order valence-corrected chi connectivity index (χ3v) is 4.07. The van der Waals surface area contributed by atoms with E-state index in [9.17, 15) is 17.6 Å². The van der Waals surface area contributed by atoms with Crippen molar-refractivity contribution in [2.24, 2.45) is 0 Å². The molecule has 2 N–H and O–H groups in total. The van der Waals surface area contributed by atoms with E-state index in [0.717, 1.165) is 12.1 Å². The molecule has 1 aromatic carbocycles. The quantitative estimate of drug-likeness (QED) is 0.860. The summed E-state index contributed by atoms with van der Waals surface area (Å²) < 4.78 is 44.7. The number of hydrogen-bond acceptors (Lipinski definition) is 5. The Hall–Kier alpha value is -1.97. The van der Waals surface area contributed by atoms with Gasteiger partial charge in [0.25, 0.3) is 0 Å². The number of rotatable bonds is 5. The van der Waals surface area contributed by atoms with Gasteiger partial charge in [0.1, 0.15) is 4.90 Å². The molecule has 0 aliphatic heterocycles. The predicted octanol–water partition coefficient (Wildman–Crippen LogP) is 1.64. The van der Waals surface area contributed by atoms with Gasteiger partial charge in [0.2, 0.25) is 10.0 Å². The number of aromatic carboxylic acids is 1. The van der Waals surface area contributed by atoms with Crippen LogP contribution in [-0.4, -0.2) is 24.7 Å². The van der Waals surface area contributed by atoms with Gasteiger partial charge in [-0.3, -0.25) is 0 Å². The molecule has 7 nitrogen and oxygen atoms in total. The molecular weight excluding hydrogens is 327 g/mol. The summed E-state index contributed by atoms with van der Waals surface area (Å²) in [5, 5.41) is 12.0. The highest BCUT2D eigenvalue weighted by Crippen LogP contribution is 2.24. The first-order chi connectivity index (χ1) is 9.81. The molecule has 0 spiro atoms. The molecule has 0 bridgehead atoms. The van der Waals surface area contributed by atoms with Gasteiger partial charge in [0.05, 0.1) is 18.3 Å². The first-order valence-electron chi connectivity index (χ1n) is 5.43. The van der Waals surface area contributed by atoms with Crippen molar-refractivity contribution in [1.82, 2.24) is 9.88 Å². The number of carbonyl (C=O) groups is 1. The monoisotopic (exact) mass is 334 g/mol. The van der Waals surface area contributed by atoms with Crippen LogP contribution in [0.15, 0.2) is 33.8 Å². The lowest BCUT2D eigenvalue weighted by Crippen LogP contribution is -2.24. The molecule has 21 heavy (non-hydrogen) atoms. The molecule has 0 aliphatic carbocycles. The third-order valence-electron chi connectivity index (χ3n) is 2.45. The van der Waals surface area contributed by atoms with Gasteiger partial charge in [-0.15, -0.1) is 0 Å². The van der Waals surface area contributed by atoms with Crippen LogP contribution >= 0.6 is 11.6 Å². The summed E-state index contributed by atoms with van der Waals surface area (Å²) in [5.41, 5.74) is -0.831. The van der Waals surface area contributed by atoms with Gasteiger partial charge in [-0.1, -0.05) is 16.8 Å². The molecule has 0 unspecified atom stereocenters. The highest BCUT2D eigenvalue weighted by molar-refractivity contribution is 7.89. The maximum atomic E-state index is 14.0. The molecule has 0 saturated carbocycles. The first kappa shape index (κ1) is 15.4. The fourth-order valence-electron chi connectivity index (χ4n) is 1.49. The Morgan fingerprint density at radius 2 is 2.19 bits per heavy atom. The summed E-state index contributed by atoms with van der Waals surface area (Å²) in [5.74, 6) is -2.81. The molecule has 1 heterocycles. The average Bonchev–Trinajstić information content (AvgIpc) is 2.91. The van der Waals surface area contributed by atoms with Gasteiger partial charge in [-0.25, -0.2) is 22.3 Å². The van der Waals surface area contributed by atoms with Crippen molar-refractivity contribution >= 4 is 27.6 Å². The van der Waals surface area contributed by atoms with Crippen LogP contribution in [-0.2, 0) is 16.6 Å². The fraction of sp³-hybridized carbons (Fsp3) is 0.0909. The Balaban J connectivity index is 2.37. The van der Waals surface area contributed by atoms with Gasteiger partial charge in [-0.2, -0.15) is 0 Å². The van der Waals surface area contributed by atoms with Crippen molar-refractivity contribution in [2.75, 3.05) is 0 Å². The zero-order valence-corrected chi connectivity index (χ0v) is 11.8. The molecule has 10 heteroatoms. The Kier molecular flexibility index (Phi) is 4.26. The Bertz CT molecular complexity index is 776. The van der Waals surface area contributed by atoms with Crippen LogP contribution < -0.4 is 4.72 Å². The summed E-state index contributed by atoms with van der Waals surface area (Å²) in [6.07, 6.45) is 1.31. The molecule has 0 radical (unpaired) electrons. The van der Waals surface area contributed by atoms with Crippen LogP contribution in [0.2, 0.25) is 5.02 Å². The van der Waals surface area contributed by atoms with Gasteiger partial charge >= 0.3 is 5.97 Å². The van der Waals surface area contributed by atoms with E-state index in [4.69, 9.17) is 16.7 Å². The second-order valence-electron chi connectivity index (χ2n) is 3.87. The van der Waals surface area contributed by atoms with Crippen molar-refractivity contribution in [3.63, 3.8) is 0 Å². The number of aromatic nitrogens is 1. The minimum atomic E-state index is -4.31. The van der Waals surface area contributed by atoms with E-state index in [1.165, 1.54) is 12.3 Å². The molecule has 2 aromatic rings. The third kappa shape index (κ3) is 3.38. The number of carboxylic acids is 1. The lowest BCUT2D eigenvalue weighted by Gasteiger charge is -2.08. The SMILES string of the molecule is O=C(O)c1cc(Cl)cc(S(=O)(=O)NCc2ccno2)c1F. The smallest absolute Gasteiger partial charge is 0.338 e. The number of nitrogens with zero attached hydrogens (tertiary/aromatic N) is 1. The summed E-state index contributed by atoms with van der Waals surface area (Å²) in [6, 6.07) is 3.07. The summed E-state index contributed by atoms with van der Waals surface area (Å²) >= 11 is 5.62. The maximum absolute atomic E-state index is 14.0. The number of carboxylic acid groups (broad SMARTS) is 1.